The summed E-state index contributed by atoms with van der Waals surface area (Å²) in [4.78, 5) is 24.5. The third-order valence-corrected chi connectivity index (χ3v) is 5.10. The molecule has 2 aliphatic heterocycles. The lowest BCUT2D eigenvalue weighted by Gasteiger charge is -2.25. The number of fused-ring (bicyclic) bond motifs is 1. The molecule has 2 aliphatic rings. The summed E-state index contributed by atoms with van der Waals surface area (Å²) in [7, 11) is 0. The van der Waals surface area contributed by atoms with E-state index in [1.165, 1.54) is 6.07 Å². The maximum atomic E-state index is 14.5. The Bertz CT molecular complexity index is 1050. The van der Waals surface area contributed by atoms with Crippen LogP contribution in [-0.2, 0) is 4.79 Å². The first-order valence-corrected chi connectivity index (χ1v) is 9.34. The largest absolute Gasteiger partial charge is 0.405 e. The summed E-state index contributed by atoms with van der Waals surface area (Å²) in [5.74, 6) is -7.62. The van der Waals surface area contributed by atoms with Gasteiger partial charge in [-0.05, 0) is 6.07 Å². The highest BCUT2D eigenvalue weighted by atomic mass is 19.4. The van der Waals surface area contributed by atoms with Gasteiger partial charge in [-0.1, -0.05) is 0 Å². The summed E-state index contributed by atoms with van der Waals surface area (Å²) in [6, 6.07) is -0.603. The van der Waals surface area contributed by atoms with Crippen molar-refractivity contribution < 1.29 is 35.5 Å². The van der Waals surface area contributed by atoms with Crippen LogP contribution in [0.5, 0.6) is 0 Å². The smallest absolute Gasteiger partial charge is 0.369 e. The van der Waals surface area contributed by atoms with Crippen LogP contribution in [0, 0.1) is 11.6 Å². The van der Waals surface area contributed by atoms with Crippen molar-refractivity contribution in [3.63, 3.8) is 0 Å². The van der Waals surface area contributed by atoms with Crippen molar-refractivity contribution in [3.05, 3.63) is 41.5 Å². The molecule has 1 unspecified atom stereocenters. The van der Waals surface area contributed by atoms with Crippen molar-refractivity contribution in [2.75, 3.05) is 29.9 Å². The van der Waals surface area contributed by atoms with Crippen LogP contribution in [0.1, 0.15) is 23.7 Å². The molecule has 172 valence electrons. The van der Waals surface area contributed by atoms with Crippen LogP contribution in [0.25, 0.3) is 0 Å². The average Bonchev–Trinajstić information content (AvgIpc) is 3.26. The van der Waals surface area contributed by atoms with E-state index >= 15 is 0 Å². The van der Waals surface area contributed by atoms with Crippen LogP contribution in [0.15, 0.2) is 18.5 Å². The van der Waals surface area contributed by atoms with Crippen molar-refractivity contribution in [2.45, 2.75) is 30.5 Å². The molecule has 4 heterocycles. The average molecular weight is 464 g/mol. The Morgan fingerprint density at radius 1 is 1.25 bits per heavy atom. The van der Waals surface area contributed by atoms with E-state index in [4.69, 9.17) is 0 Å². The monoisotopic (exact) mass is 464 g/mol. The molecule has 1 amide bonds. The third-order valence-electron chi connectivity index (χ3n) is 5.10. The number of nitrogens with zero attached hydrogens (tertiary/aromatic N) is 4. The Hall–Kier alpha value is -3.19. The van der Waals surface area contributed by atoms with E-state index in [1.807, 2.05) is 0 Å². The standard InChI is InChI=1S/C18H15F7N6O/c19-8-1-9-10(4-27-13(9)26-3-8)14-28-5-11(20)15(30-14)31-7-17(21,22)2-12(31)16(32)29-6-18(23,24)25/h1,3,5,10,12H,2,4,6-7H2,(H,26,27)(H,29,32)/t10?,12-/m1/s1. The first-order chi connectivity index (χ1) is 14.9. The molecule has 2 aromatic rings. The van der Waals surface area contributed by atoms with Crippen molar-refractivity contribution in [1.29, 1.82) is 0 Å². The number of alkyl halides is 5. The zero-order chi connectivity index (χ0) is 23.3. The number of rotatable bonds is 4. The number of amides is 1. The normalized spacial score (nSPS) is 21.9. The lowest BCUT2D eigenvalue weighted by Crippen LogP contribution is -2.46. The Labute approximate surface area is 176 Å². The van der Waals surface area contributed by atoms with Crippen LogP contribution >= 0.6 is 0 Å². The maximum Gasteiger partial charge on any atom is 0.405 e. The second-order valence-corrected chi connectivity index (χ2v) is 7.46. The Kier molecular flexibility index (Phi) is 5.33. The minimum absolute atomic E-state index is 0.0512. The van der Waals surface area contributed by atoms with Gasteiger partial charge in [0.2, 0.25) is 5.91 Å². The van der Waals surface area contributed by atoms with Gasteiger partial charge in [0, 0.05) is 18.5 Å². The summed E-state index contributed by atoms with van der Waals surface area (Å²) in [5.41, 5.74) is 0.369. The molecule has 2 aromatic heterocycles. The quantitative estimate of drug-likeness (QED) is 0.678. The minimum atomic E-state index is -4.75. The summed E-state index contributed by atoms with van der Waals surface area (Å²) < 4.78 is 93.5. The lowest BCUT2D eigenvalue weighted by molar-refractivity contribution is -0.139. The molecule has 1 fully saturated rings. The van der Waals surface area contributed by atoms with Gasteiger partial charge >= 0.3 is 6.18 Å². The highest BCUT2D eigenvalue weighted by molar-refractivity contribution is 5.86. The van der Waals surface area contributed by atoms with Gasteiger partial charge in [0.25, 0.3) is 5.92 Å². The summed E-state index contributed by atoms with van der Waals surface area (Å²) >= 11 is 0. The predicted molar refractivity (Wildman–Crippen MR) is 96.3 cm³/mol. The number of carbonyl (C=O) groups excluding carboxylic acids is 1. The number of pyridine rings is 1. The highest BCUT2D eigenvalue weighted by Crippen LogP contribution is 2.38. The van der Waals surface area contributed by atoms with Gasteiger partial charge < -0.3 is 15.5 Å². The summed E-state index contributed by atoms with van der Waals surface area (Å²) in [5, 5.41) is 4.44. The summed E-state index contributed by atoms with van der Waals surface area (Å²) in [6.07, 6.45) is -4.16. The molecular weight excluding hydrogens is 449 g/mol. The first kappa shape index (κ1) is 22.0. The molecule has 0 aromatic carbocycles. The molecule has 0 spiro atoms. The van der Waals surface area contributed by atoms with E-state index in [9.17, 15) is 35.5 Å². The number of anilines is 2. The first-order valence-electron chi connectivity index (χ1n) is 9.34. The Morgan fingerprint density at radius 2 is 2.00 bits per heavy atom. The molecule has 1 saturated heterocycles. The minimum Gasteiger partial charge on any atom is -0.369 e. The second kappa shape index (κ2) is 7.74. The van der Waals surface area contributed by atoms with E-state index in [1.54, 1.807) is 5.32 Å². The third kappa shape index (κ3) is 4.39. The molecule has 0 aliphatic carbocycles. The molecule has 2 N–H and O–H groups in total. The number of halogens is 7. The molecule has 0 radical (unpaired) electrons. The van der Waals surface area contributed by atoms with Crippen LogP contribution in [0.4, 0.5) is 42.4 Å². The molecule has 4 rings (SSSR count). The molecule has 32 heavy (non-hydrogen) atoms. The second-order valence-electron chi connectivity index (χ2n) is 7.46. The lowest BCUT2D eigenvalue weighted by atomic mass is 10.0. The molecule has 0 saturated carbocycles. The fourth-order valence-electron chi connectivity index (χ4n) is 3.73. The van der Waals surface area contributed by atoms with Gasteiger partial charge in [-0.3, -0.25) is 4.79 Å². The van der Waals surface area contributed by atoms with E-state index in [2.05, 4.69) is 20.3 Å². The van der Waals surface area contributed by atoms with Gasteiger partial charge in [-0.2, -0.15) is 13.2 Å². The summed E-state index contributed by atoms with van der Waals surface area (Å²) in [6.45, 7) is -2.68. The SMILES string of the molecule is O=C(NCC(F)(F)F)[C@H]1CC(F)(F)CN1c1nc(C2CNc3ncc(F)cc32)ncc1F. The fraction of sp³-hybridized carbons (Fsp3) is 0.444. The van der Waals surface area contributed by atoms with Crippen LogP contribution in [0.3, 0.4) is 0 Å². The molecule has 2 atom stereocenters. The molecule has 0 bridgehead atoms. The molecule has 14 heteroatoms. The Balaban J connectivity index is 1.65. The fourth-order valence-corrected chi connectivity index (χ4v) is 3.73. The topological polar surface area (TPSA) is 83.0 Å². The number of carbonyl (C=O) groups is 1. The van der Waals surface area contributed by atoms with Gasteiger partial charge in [0.1, 0.15) is 30.0 Å². The zero-order valence-corrected chi connectivity index (χ0v) is 16.1. The van der Waals surface area contributed by atoms with Crippen LogP contribution in [-0.4, -0.2) is 58.6 Å². The van der Waals surface area contributed by atoms with Crippen molar-refractivity contribution in [2.24, 2.45) is 0 Å². The maximum absolute atomic E-state index is 14.5. The highest BCUT2D eigenvalue weighted by Gasteiger charge is 2.50. The van der Waals surface area contributed by atoms with E-state index in [0.29, 0.717) is 22.5 Å². The van der Waals surface area contributed by atoms with E-state index < -0.39 is 66.9 Å². The molecular formula is C18H15F7N6O. The van der Waals surface area contributed by atoms with Gasteiger partial charge in [-0.15, -0.1) is 0 Å². The van der Waals surface area contributed by atoms with Crippen molar-refractivity contribution in [3.8, 4) is 0 Å². The Morgan fingerprint density at radius 3 is 2.72 bits per heavy atom. The zero-order valence-electron chi connectivity index (χ0n) is 16.1. The van der Waals surface area contributed by atoms with Crippen molar-refractivity contribution >= 4 is 17.5 Å². The van der Waals surface area contributed by atoms with Crippen LogP contribution in [0.2, 0.25) is 0 Å². The van der Waals surface area contributed by atoms with Crippen molar-refractivity contribution in [1.82, 2.24) is 20.3 Å². The van der Waals surface area contributed by atoms with Gasteiger partial charge in [0.05, 0.1) is 24.9 Å². The van der Waals surface area contributed by atoms with E-state index in [0.717, 1.165) is 6.20 Å². The number of hydrogen-bond donors (Lipinski definition) is 2. The van der Waals surface area contributed by atoms with E-state index in [-0.39, 0.29) is 12.4 Å². The molecule has 7 nitrogen and oxygen atoms in total. The van der Waals surface area contributed by atoms with Gasteiger partial charge in [0.15, 0.2) is 11.6 Å². The number of hydrogen-bond acceptors (Lipinski definition) is 6. The van der Waals surface area contributed by atoms with Crippen LogP contribution < -0.4 is 15.5 Å². The van der Waals surface area contributed by atoms with Gasteiger partial charge in [-0.25, -0.2) is 32.5 Å². The number of nitrogens with one attached hydrogen (secondary N) is 2. The predicted octanol–water partition coefficient (Wildman–Crippen LogP) is 2.60. The number of aromatic nitrogens is 3.